The number of methoxy groups -OCH3 is 1. The molecular weight excluding hydrogens is 336 g/mol. The first-order valence-electron chi connectivity index (χ1n) is 9.41. The summed E-state index contributed by atoms with van der Waals surface area (Å²) in [4.78, 5) is 52.7. The molecule has 5 atom stereocenters. The molecule has 4 rings (SSSR count). The van der Waals surface area contributed by atoms with Crippen LogP contribution in [0.25, 0.3) is 0 Å². The molecule has 26 heavy (non-hydrogen) atoms. The molecule has 2 aliphatic heterocycles. The van der Waals surface area contributed by atoms with Crippen molar-refractivity contribution in [1.29, 1.82) is 0 Å². The monoisotopic (exact) mass is 360 g/mol. The largest absolute Gasteiger partial charge is 0.469 e. The molecule has 2 bridgehead atoms. The van der Waals surface area contributed by atoms with E-state index in [0.29, 0.717) is 6.54 Å². The van der Waals surface area contributed by atoms with Crippen LogP contribution in [-0.4, -0.2) is 59.7 Å². The molecule has 0 N–H and O–H groups in total. The lowest BCUT2D eigenvalue weighted by Crippen LogP contribution is -2.50. The summed E-state index contributed by atoms with van der Waals surface area (Å²) in [5.41, 5.74) is 0. The Morgan fingerprint density at radius 2 is 1.77 bits per heavy atom. The van der Waals surface area contributed by atoms with Crippen LogP contribution in [0, 0.1) is 23.7 Å². The number of piperidine rings is 1. The number of allylic oxidation sites excluding steroid dienone is 2. The van der Waals surface area contributed by atoms with Gasteiger partial charge in [-0.1, -0.05) is 12.2 Å². The second-order valence-electron chi connectivity index (χ2n) is 7.78. The van der Waals surface area contributed by atoms with Gasteiger partial charge in [-0.2, -0.15) is 0 Å². The molecule has 0 aromatic heterocycles. The van der Waals surface area contributed by atoms with Gasteiger partial charge in [-0.05, 0) is 37.5 Å². The van der Waals surface area contributed by atoms with Gasteiger partial charge in [-0.15, -0.1) is 0 Å². The van der Waals surface area contributed by atoms with Crippen molar-refractivity contribution in [3.05, 3.63) is 12.2 Å². The minimum absolute atomic E-state index is 0.142. The van der Waals surface area contributed by atoms with E-state index >= 15 is 0 Å². The van der Waals surface area contributed by atoms with Crippen LogP contribution in [0.4, 0.5) is 0 Å². The molecule has 2 saturated heterocycles. The second kappa shape index (κ2) is 6.52. The maximum Gasteiger partial charge on any atom is 0.307 e. The summed E-state index contributed by atoms with van der Waals surface area (Å²) in [6.45, 7) is 0.345. The van der Waals surface area contributed by atoms with Gasteiger partial charge in [0.15, 0.2) is 0 Å². The molecule has 0 aromatic rings. The number of rotatable bonds is 4. The highest BCUT2D eigenvalue weighted by molar-refractivity contribution is 6.08. The molecule has 0 spiro atoms. The van der Waals surface area contributed by atoms with Crippen molar-refractivity contribution >= 4 is 23.7 Å². The van der Waals surface area contributed by atoms with Gasteiger partial charge in [0.25, 0.3) is 0 Å². The molecule has 1 saturated carbocycles. The lowest BCUT2D eigenvalue weighted by Gasteiger charge is -2.36. The Morgan fingerprint density at radius 3 is 2.38 bits per heavy atom. The molecule has 140 valence electrons. The number of esters is 1. The fourth-order valence-corrected chi connectivity index (χ4v) is 5.16. The molecule has 7 heteroatoms. The fourth-order valence-electron chi connectivity index (χ4n) is 5.16. The Bertz CT molecular complexity index is 657. The van der Waals surface area contributed by atoms with Crippen LogP contribution in [0.3, 0.4) is 0 Å². The van der Waals surface area contributed by atoms with Crippen LogP contribution >= 0.6 is 0 Å². The summed E-state index contributed by atoms with van der Waals surface area (Å²) in [5.74, 6) is -1.28. The van der Waals surface area contributed by atoms with Crippen molar-refractivity contribution in [2.45, 2.75) is 38.1 Å². The molecule has 0 aromatic carbocycles. The molecule has 2 aliphatic carbocycles. The Labute approximate surface area is 152 Å². The van der Waals surface area contributed by atoms with E-state index in [-0.39, 0.29) is 66.4 Å². The zero-order valence-electron chi connectivity index (χ0n) is 14.9. The summed E-state index contributed by atoms with van der Waals surface area (Å²) >= 11 is 0. The Hall–Kier alpha value is -2.18. The van der Waals surface area contributed by atoms with Gasteiger partial charge in [-0.3, -0.25) is 24.1 Å². The summed E-state index contributed by atoms with van der Waals surface area (Å²) < 4.78 is 4.73. The minimum Gasteiger partial charge on any atom is -0.469 e. The Morgan fingerprint density at radius 1 is 1.12 bits per heavy atom. The Balaban J connectivity index is 1.45. The van der Waals surface area contributed by atoms with Crippen molar-refractivity contribution in [2.75, 3.05) is 20.2 Å². The molecular formula is C19H24N2O5. The van der Waals surface area contributed by atoms with Crippen LogP contribution in [0.1, 0.15) is 32.1 Å². The summed E-state index contributed by atoms with van der Waals surface area (Å²) in [6.07, 6.45) is 7.67. The summed E-state index contributed by atoms with van der Waals surface area (Å²) in [7, 11) is 1.33. The third kappa shape index (κ3) is 2.64. The quantitative estimate of drug-likeness (QED) is 0.419. The highest BCUT2D eigenvalue weighted by Gasteiger charge is 2.59. The van der Waals surface area contributed by atoms with Crippen molar-refractivity contribution in [2.24, 2.45) is 23.7 Å². The van der Waals surface area contributed by atoms with Gasteiger partial charge in [0.05, 0.1) is 25.4 Å². The average molecular weight is 360 g/mol. The predicted octanol–water partition coefficient (Wildman–Crippen LogP) is 0.738. The standard InChI is InChI=1S/C19H24N2O5/c1-26-15(23)9-13-4-2-3-7-20(13)14(22)10-21-18(24)16-11-5-6-12(8-11)17(16)19(21)25/h5-6,11-13,16-17H,2-4,7-10H2,1H3/t11-,12+,13-,16-,17-/m0/s1. The number of fused-ring (bicyclic) bond motifs is 5. The number of nitrogens with zero attached hydrogens (tertiary/aromatic N) is 2. The SMILES string of the molecule is COC(=O)C[C@@H]1CCCCN1C(=O)CN1C(=O)[C@@H]2[C@@H](C1=O)[C@H]1C=C[C@@H]2C1. The number of likely N-dealkylation sites (tertiary alicyclic amines) is 2. The minimum atomic E-state index is -0.347. The molecule has 2 heterocycles. The number of imide groups is 1. The molecule has 7 nitrogen and oxygen atoms in total. The van der Waals surface area contributed by atoms with E-state index in [9.17, 15) is 19.2 Å². The van der Waals surface area contributed by atoms with E-state index in [1.807, 2.05) is 12.2 Å². The topological polar surface area (TPSA) is 84.0 Å². The second-order valence-corrected chi connectivity index (χ2v) is 7.78. The lowest BCUT2D eigenvalue weighted by molar-refractivity contribution is -0.150. The third-order valence-electron chi connectivity index (χ3n) is 6.43. The van der Waals surface area contributed by atoms with E-state index in [0.717, 1.165) is 30.6 Å². The zero-order valence-corrected chi connectivity index (χ0v) is 14.9. The van der Waals surface area contributed by atoms with Gasteiger partial charge < -0.3 is 9.64 Å². The zero-order chi connectivity index (χ0) is 18.4. The highest BCUT2D eigenvalue weighted by Crippen LogP contribution is 2.52. The average Bonchev–Trinajstić information content (AvgIpc) is 3.32. The highest BCUT2D eigenvalue weighted by atomic mass is 16.5. The van der Waals surface area contributed by atoms with Gasteiger partial charge in [0, 0.05) is 12.6 Å². The number of hydrogen-bond acceptors (Lipinski definition) is 5. The molecule has 4 aliphatic rings. The van der Waals surface area contributed by atoms with Gasteiger partial charge in [0.2, 0.25) is 17.7 Å². The van der Waals surface area contributed by atoms with Crippen LogP contribution < -0.4 is 0 Å². The van der Waals surface area contributed by atoms with Gasteiger partial charge in [0.1, 0.15) is 6.54 Å². The van der Waals surface area contributed by atoms with Crippen molar-refractivity contribution in [1.82, 2.24) is 9.80 Å². The van der Waals surface area contributed by atoms with Crippen LogP contribution in [0.15, 0.2) is 12.2 Å². The van der Waals surface area contributed by atoms with Crippen molar-refractivity contribution < 1.29 is 23.9 Å². The first-order chi connectivity index (χ1) is 12.5. The predicted molar refractivity (Wildman–Crippen MR) is 90.4 cm³/mol. The maximum absolute atomic E-state index is 12.8. The van der Waals surface area contributed by atoms with Gasteiger partial charge in [-0.25, -0.2) is 0 Å². The lowest BCUT2D eigenvalue weighted by atomic mass is 9.85. The van der Waals surface area contributed by atoms with E-state index in [4.69, 9.17) is 4.74 Å². The molecule has 0 radical (unpaired) electrons. The molecule has 3 amide bonds. The summed E-state index contributed by atoms with van der Waals surface area (Å²) in [5, 5.41) is 0. The van der Waals surface area contributed by atoms with E-state index in [1.165, 1.54) is 7.11 Å². The molecule has 3 fully saturated rings. The summed E-state index contributed by atoms with van der Waals surface area (Å²) in [6, 6.07) is -0.214. The number of carbonyl (C=O) groups excluding carboxylic acids is 4. The maximum atomic E-state index is 12.8. The van der Waals surface area contributed by atoms with Gasteiger partial charge >= 0.3 is 5.97 Å². The number of ether oxygens (including phenoxy) is 1. The number of amides is 3. The van der Waals surface area contributed by atoms with E-state index in [2.05, 4.69) is 0 Å². The van der Waals surface area contributed by atoms with Crippen LogP contribution in [0.2, 0.25) is 0 Å². The smallest absolute Gasteiger partial charge is 0.307 e. The van der Waals surface area contributed by atoms with Crippen molar-refractivity contribution in [3.63, 3.8) is 0 Å². The number of carbonyl (C=O) groups is 4. The van der Waals surface area contributed by atoms with Crippen LogP contribution in [-0.2, 0) is 23.9 Å². The third-order valence-corrected chi connectivity index (χ3v) is 6.43. The first kappa shape index (κ1) is 17.2. The normalized spacial score (nSPS) is 35.2. The fraction of sp³-hybridized carbons (Fsp3) is 0.684. The molecule has 0 unspecified atom stereocenters. The van der Waals surface area contributed by atoms with Crippen LogP contribution in [0.5, 0.6) is 0 Å². The number of hydrogen-bond donors (Lipinski definition) is 0. The first-order valence-corrected chi connectivity index (χ1v) is 9.41. The Kier molecular flexibility index (Phi) is 4.32. The van der Waals surface area contributed by atoms with Crippen molar-refractivity contribution in [3.8, 4) is 0 Å². The van der Waals surface area contributed by atoms with E-state index in [1.54, 1.807) is 4.90 Å². The van der Waals surface area contributed by atoms with E-state index < -0.39 is 0 Å².